The van der Waals surface area contributed by atoms with Crippen molar-refractivity contribution < 1.29 is 31.7 Å². The molecule has 10 nitrogen and oxygen atoms in total. The van der Waals surface area contributed by atoms with Crippen molar-refractivity contribution in [2.75, 3.05) is 43.9 Å². The molecule has 2 aliphatic rings. The number of hydrogen-bond donors (Lipinski definition) is 0. The second kappa shape index (κ2) is 9.21. The van der Waals surface area contributed by atoms with Crippen molar-refractivity contribution in [3.05, 3.63) is 29.8 Å². The van der Waals surface area contributed by atoms with E-state index in [0.717, 1.165) is 6.26 Å². The van der Waals surface area contributed by atoms with Crippen LogP contribution < -0.4 is 4.90 Å². The van der Waals surface area contributed by atoms with Gasteiger partial charge in [0.2, 0.25) is 0 Å². The van der Waals surface area contributed by atoms with Gasteiger partial charge in [0.15, 0.2) is 5.60 Å². The van der Waals surface area contributed by atoms with E-state index in [1.165, 1.54) is 4.90 Å². The van der Waals surface area contributed by atoms with E-state index in [9.17, 15) is 18.0 Å². The summed E-state index contributed by atoms with van der Waals surface area (Å²) >= 11 is 0. The third kappa shape index (κ3) is 5.52. The lowest BCUT2D eigenvalue weighted by atomic mass is 9.91. The van der Waals surface area contributed by atoms with Gasteiger partial charge in [-0.1, -0.05) is 0 Å². The quantitative estimate of drug-likeness (QED) is 0.445. The molecular weight excluding hydrogens is 426 g/mol. The minimum Gasteiger partial charge on any atom is -0.464 e. The molecule has 2 heterocycles. The first-order valence-corrected chi connectivity index (χ1v) is 11.8. The highest BCUT2D eigenvalue weighted by molar-refractivity contribution is 7.86. The summed E-state index contributed by atoms with van der Waals surface area (Å²) in [5.74, 6) is -0.681. The molecule has 3 rings (SSSR count). The average molecular weight is 452 g/mol. The molecule has 2 fully saturated rings. The van der Waals surface area contributed by atoms with E-state index in [-0.39, 0.29) is 25.6 Å². The number of likely N-dealkylation sites (tertiary alicyclic amines) is 1. The molecule has 31 heavy (non-hydrogen) atoms. The predicted octanol–water partition coefficient (Wildman–Crippen LogP) is 1.26. The monoisotopic (exact) mass is 451 g/mol. The highest BCUT2D eigenvalue weighted by atomic mass is 32.2. The molecule has 1 unspecified atom stereocenters. The van der Waals surface area contributed by atoms with Crippen LogP contribution in [0.5, 0.6) is 0 Å². The topological polar surface area (TPSA) is 126 Å². The number of amides is 1. The Morgan fingerprint density at radius 3 is 2.48 bits per heavy atom. The number of benzene rings is 1. The first-order valence-electron chi connectivity index (χ1n) is 9.94. The Morgan fingerprint density at radius 2 is 1.94 bits per heavy atom. The summed E-state index contributed by atoms with van der Waals surface area (Å²) in [7, 11) is -3.85. The number of esters is 1. The smallest absolute Gasteiger partial charge is 0.414 e. The number of cyclic esters (lactones) is 1. The number of anilines is 1. The fourth-order valence-corrected chi connectivity index (χ4v) is 4.62. The Morgan fingerprint density at radius 1 is 1.29 bits per heavy atom. The molecule has 0 bridgehead atoms. The number of carbonyl (C=O) groups excluding carboxylic acids is 2. The van der Waals surface area contributed by atoms with Gasteiger partial charge in [0.25, 0.3) is 10.1 Å². The largest absolute Gasteiger partial charge is 0.464 e. The van der Waals surface area contributed by atoms with Crippen molar-refractivity contribution in [2.45, 2.75) is 31.5 Å². The first kappa shape index (κ1) is 23.0. The zero-order valence-corrected chi connectivity index (χ0v) is 18.3. The van der Waals surface area contributed by atoms with E-state index in [1.807, 2.05) is 11.0 Å². The number of piperidine rings is 1. The normalized spacial score (nSPS) is 21.4. The van der Waals surface area contributed by atoms with Gasteiger partial charge in [0, 0.05) is 38.2 Å². The fraction of sp³-hybridized carbons (Fsp3) is 0.550. The van der Waals surface area contributed by atoms with Gasteiger partial charge in [-0.05, 0) is 31.2 Å². The zero-order chi connectivity index (χ0) is 22.6. The molecule has 0 aliphatic carbocycles. The summed E-state index contributed by atoms with van der Waals surface area (Å²) in [6, 6.07) is 8.69. The van der Waals surface area contributed by atoms with E-state index >= 15 is 0 Å². The van der Waals surface area contributed by atoms with Crippen LogP contribution in [0.2, 0.25) is 0 Å². The molecule has 1 atom stereocenters. The molecule has 0 spiro atoms. The van der Waals surface area contributed by atoms with Gasteiger partial charge in [-0.3, -0.25) is 14.0 Å². The zero-order valence-electron chi connectivity index (χ0n) is 17.4. The maximum absolute atomic E-state index is 12.4. The lowest BCUT2D eigenvalue weighted by Crippen LogP contribution is -2.53. The molecule has 2 saturated heterocycles. The van der Waals surface area contributed by atoms with Crippen LogP contribution in [0.4, 0.5) is 10.5 Å². The van der Waals surface area contributed by atoms with Crippen molar-refractivity contribution in [1.82, 2.24) is 4.90 Å². The minimum absolute atomic E-state index is 0.126. The van der Waals surface area contributed by atoms with Crippen molar-refractivity contribution in [2.24, 2.45) is 0 Å². The Labute approximate surface area is 181 Å². The van der Waals surface area contributed by atoms with Crippen LogP contribution in [-0.2, 0) is 28.6 Å². The number of rotatable bonds is 7. The van der Waals surface area contributed by atoms with Crippen molar-refractivity contribution in [1.29, 1.82) is 5.26 Å². The molecule has 1 amide bonds. The van der Waals surface area contributed by atoms with Crippen LogP contribution in [-0.4, -0.2) is 76.1 Å². The van der Waals surface area contributed by atoms with Gasteiger partial charge in [0.05, 0.1) is 31.0 Å². The Kier molecular flexibility index (Phi) is 6.83. The third-order valence-electron chi connectivity index (χ3n) is 5.27. The molecule has 1 aromatic rings. The highest BCUT2D eigenvalue weighted by Gasteiger charge is 2.47. The molecule has 0 saturated carbocycles. The Bertz CT molecular complexity index is 963. The second-order valence-corrected chi connectivity index (χ2v) is 9.15. The Hall–Kier alpha value is -2.68. The fourth-order valence-electron chi connectivity index (χ4n) is 3.80. The van der Waals surface area contributed by atoms with Crippen molar-refractivity contribution in [3.8, 4) is 6.07 Å². The van der Waals surface area contributed by atoms with Crippen LogP contribution in [0.15, 0.2) is 24.3 Å². The second-order valence-electron chi connectivity index (χ2n) is 7.58. The van der Waals surface area contributed by atoms with Crippen molar-refractivity contribution in [3.63, 3.8) is 0 Å². The van der Waals surface area contributed by atoms with Gasteiger partial charge < -0.3 is 9.47 Å². The summed E-state index contributed by atoms with van der Waals surface area (Å²) in [4.78, 5) is 28.2. The molecule has 168 valence electrons. The number of nitrogens with zero attached hydrogens (tertiary/aromatic N) is 3. The van der Waals surface area contributed by atoms with Gasteiger partial charge in [-0.25, -0.2) is 9.59 Å². The Balaban J connectivity index is 1.60. The van der Waals surface area contributed by atoms with Gasteiger partial charge in [-0.2, -0.15) is 13.7 Å². The standard InChI is InChI=1S/C20H25N3O7S/c1-3-28-18(24)20(30-31(2,26)27)8-10-22(11-9-20)13-17-14-23(19(25)29-17)16-6-4-15(12-21)5-7-16/h4-7,17H,3,8-11,13-14H2,1-2H3. The van der Waals surface area contributed by atoms with Crippen LogP contribution in [0.25, 0.3) is 0 Å². The summed E-state index contributed by atoms with van der Waals surface area (Å²) in [6.45, 7) is 3.34. The average Bonchev–Trinajstić information content (AvgIpc) is 3.08. The van der Waals surface area contributed by atoms with Crippen LogP contribution in [0.1, 0.15) is 25.3 Å². The molecular formula is C20H25N3O7S. The summed E-state index contributed by atoms with van der Waals surface area (Å²) in [5.41, 5.74) is -0.378. The molecule has 0 N–H and O–H groups in total. The predicted molar refractivity (Wildman–Crippen MR) is 110 cm³/mol. The summed E-state index contributed by atoms with van der Waals surface area (Å²) < 4.78 is 39.1. The number of carbonyl (C=O) groups is 2. The van der Waals surface area contributed by atoms with Gasteiger partial charge >= 0.3 is 12.1 Å². The molecule has 0 aromatic heterocycles. The first-order chi connectivity index (χ1) is 14.7. The van der Waals surface area contributed by atoms with E-state index in [1.54, 1.807) is 31.2 Å². The van der Waals surface area contributed by atoms with E-state index in [2.05, 4.69) is 0 Å². The van der Waals surface area contributed by atoms with Gasteiger partial charge in [0.1, 0.15) is 6.10 Å². The van der Waals surface area contributed by atoms with Crippen LogP contribution in [0, 0.1) is 11.3 Å². The molecule has 0 radical (unpaired) electrons. The lowest BCUT2D eigenvalue weighted by molar-refractivity contribution is -0.166. The lowest BCUT2D eigenvalue weighted by Gasteiger charge is -2.39. The minimum atomic E-state index is -3.85. The molecule has 1 aromatic carbocycles. The van der Waals surface area contributed by atoms with Gasteiger partial charge in [-0.15, -0.1) is 0 Å². The SMILES string of the molecule is CCOC(=O)C1(OS(C)(=O)=O)CCN(CC2CN(c3ccc(C#N)cc3)C(=O)O2)CC1. The van der Waals surface area contributed by atoms with E-state index in [4.69, 9.17) is 18.9 Å². The number of ether oxygens (including phenoxy) is 2. The molecule has 11 heteroatoms. The number of nitriles is 1. The summed E-state index contributed by atoms with van der Waals surface area (Å²) in [5, 5.41) is 8.90. The molecule has 2 aliphatic heterocycles. The summed E-state index contributed by atoms with van der Waals surface area (Å²) in [6.07, 6.45) is 0.371. The van der Waals surface area contributed by atoms with Crippen molar-refractivity contribution >= 4 is 27.9 Å². The maximum atomic E-state index is 12.4. The van der Waals surface area contributed by atoms with E-state index in [0.29, 0.717) is 37.4 Å². The van der Waals surface area contributed by atoms with Crippen LogP contribution >= 0.6 is 0 Å². The third-order valence-corrected chi connectivity index (χ3v) is 5.89. The van der Waals surface area contributed by atoms with Crippen LogP contribution in [0.3, 0.4) is 0 Å². The maximum Gasteiger partial charge on any atom is 0.414 e. The highest BCUT2D eigenvalue weighted by Crippen LogP contribution is 2.31. The number of hydrogen-bond acceptors (Lipinski definition) is 9. The van der Waals surface area contributed by atoms with E-state index < -0.39 is 27.8 Å².